The van der Waals surface area contributed by atoms with Crippen LogP contribution in [-0.2, 0) is 14.3 Å². The summed E-state index contributed by atoms with van der Waals surface area (Å²) in [6.45, 7) is 1.41. The van der Waals surface area contributed by atoms with Gasteiger partial charge in [0.05, 0.1) is 39.3 Å². The molecule has 1 saturated carbocycles. The SMILES string of the molecule is Cc1ccc2nc(-c3ccc(N4C(=O)[C@H]5CCCC[C@@H]5C4=O)cc3)cc(C(=O)OCC(=O)c3ccc(Cl)cc3Cl)c2c1. The predicted molar refractivity (Wildman–Crippen MR) is 161 cm³/mol. The van der Waals surface area contributed by atoms with Crippen LogP contribution in [0.5, 0.6) is 0 Å². The fourth-order valence-electron chi connectivity index (χ4n) is 5.86. The van der Waals surface area contributed by atoms with E-state index in [2.05, 4.69) is 0 Å². The number of nitrogens with zero attached hydrogens (tertiary/aromatic N) is 2. The first-order valence-corrected chi connectivity index (χ1v) is 14.5. The lowest BCUT2D eigenvalue weighted by Crippen LogP contribution is -2.30. The Balaban J connectivity index is 1.28. The number of halogens is 2. The molecular formula is C33H26Cl2N2O5. The zero-order valence-electron chi connectivity index (χ0n) is 22.7. The second-order valence-electron chi connectivity index (χ2n) is 10.8. The van der Waals surface area contributed by atoms with E-state index in [9.17, 15) is 19.2 Å². The molecule has 1 aliphatic heterocycles. The second kappa shape index (κ2) is 11.3. The lowest BCUT2D eigenvalue weighted by atomic mass is 9.81. The molecule has 2 heterocycles. The second-order valence-corrected chi connectivity index (χ2v) is 11.6. The summed E-state index contributed by atoms with van der Waals surface area (Å²) >= 11 is 12.1. The lowest BCUT2D eigenvalue weighted by Gasteiger charge is -2.19. The van der Waals surface area contributed by atoms with Crippen molar-refractivity contribution in [2.45, 2.75) is 32.6 Å². The van der Waals surface area contributed by atoms with Gasteiger partial charge in [-0.3, -0.25) is 19.3 Å². The first-order valence-electron chi connectivity index (χ1n) is 13.8. The van der Waals surface area contributed by atoms with Gasteiger partial charge in [-0.2, -0.15) is 0 Å². The Morgan fingerprint density at radius 3 is 2.24 bits per heavy atom. The van der Waals surface area contributed by atoms with E-state index >= 15 is 0 Å². The maximum absolute atomic E-state index is 13.3. The molecule has 3 aromatic carbocycles. The molecule has 0 radical (unpaired) electrons. The molecule has 0 unspecified atom stereocenters. The molecule has 2 aliphatic rings. The maximum Gasteiger partial charge on any atom is 0.339 e. The van der Waals surface area contributed by atoms with E-state index in [1.807, 2.05) is 25.1 Å². The third-order valence-electron chi connectivity index (χ3n) is 8.01. The van der Waals surface area contributed by atoms with Gasteiger partial charge in [0.25, 0.3) is 0 Å². The molecule has 4 aromatic rings. The molecule has 6 rings (SSSR count). The zero-order chi connectivity index (χ0) is 29.5. The van der Waals surface area contributed by atoms with Crippen molar-refractivity contribution in [3.05, 3.63) is 93.5 Å². The number of fused-ring (bicyclic) bond motifs is 2. The fraction of sp³-hybridized carbons (Fsp3) is 0.242. The van der Waals surface area contributed by atoms with Gasteiger partial charge in [-0.05, 0) is 68.3 Å². The summed E-state index contributed by atoms with van der Waals surface area (Å²) in [4.78, 5) is 58.2. The van der Waals surface area contributed by atoms with Gasteiger partial charge in [0.2, 0.25) is 17.6 Å². The van der Waals surface area contributed by atoms with Crippen LogP contribution in [0.3, 0.4) is 0 Å². The van der Waals surface area contributed by atoms with Crippen LogP contribution in [0.25, 0.3) is 22.2 Å². The number of hydrogen-bond donors (Lipinski definition) is 0. The number of carbonyl (C=O) groups is 4. The number of ketones is 1. The van der Waals surface area contributed by atoms with E-state index in [-0.39, 0.29) is 39.8 Å². The molecular weight excluding hydrogens is 575 g/mol. The summed E-state index contributed by atoms with van der Waals surface area (Å²) in [6, 6.07) is 18.7. The van der Waals surface area contributed by atoms with Crippen molar-refractivity contribution in [3.8, 4) is 11.3 Å². The normalized spacial score (nSPS) is 18.3. The van der Waals surface area contributed by atoms with E-state index < -0.39 is 18.4 Å². The number of pyridine rings is 1. The quantitative estimate of drug-likeness (QED) is 0.131. The van der Waals surface area contributed by atoms with Gasteiger partial charge in [0, 0.05) is 21.5 Å². The summed E-state index contributed by atoms with van der Waals surface area (Å²) in [5, 5.41) is 1.16. The number of ether oxygens (including phenoxy) is 1. The maximum atomic E-state index is 13.3. The molecule has 0 N–H and O–H groups in total. The highest BCUT2D eigenvalue weighted by Crippen LogP contribution is 2.40. The van der Waals surface area contributed by atoms with Crippen LogP contribution < -0.4 is 4.90 Å². The van der Waals surface area contributed by atoms with Gasteiger partial charge < -0.3 is 4.74 Å². The smallest absolute Gasteiger partial charge is 0.339 e. The summed E-state index contributed by atoms with van der Waals surface area (Å²) in [6.07, 6.45) is 3.44. The van der Waals surface area contributed by atoms with Gasteiger partial charge in [0.15, 0.2) is 6.61 Å². The minimum Gasteiger partial charge on any atom is -0.454 e. The number of imide groups is 1. The molecule has 2 fully saturated rings. The molecule has 1 aliphatic carbocycles. The predicted octanol–water partition coefficient (Wildman–Crippen LogP) is 7.24. The minimum atomic E-state index is -0.680. The van der Waals surface area contributed by atoms with Crippen molar-refractivity contribution < 1.29 is 23.9 Å². The van der Waals surface area contributed by atoms with E-state index in [0.29, 0.717) is 32.9 Å². The molecule has 42 heavy (non-hydrogen) atoms. The first kappa shape index (κ1) is 28.1. The minimum absolute atomic E-state index is 0.129. The molecule has 9 heteroatoms. The molecule has 2 amide bonds. The van der Waals surface area contributed by atoms with Crippen molar-refractivity contribution in [3.63, 3.8) is 0 Å². The zero-order valence-corrected chi connectivity index (χ0v) is 24.2. The highest BCUT2D eigenvalue weighted by Gasteiger charge is 2.48. The number of carbonyl (C=O) groups excluding carboxylic acids is 4. The number of aryl methyl sites for hydroxylation is 1. The highest BCUT2D eigenvalue weighted by atomic mass is 35.5. The Morgan fingerprint density at radius 2 is 1.57 bits per heavy atom. The average Bonchev–Trinajstić information content (AvgIpc) is 3.24. The monoisotopic (exact) mass is 600 g/mol. The Labute approximate surface area is 252 Å². The van der Waals surface area contributed by atoms with Crippen LogP contribution in [0.1, 0.15) is 52.0 Å². The molecule has 0 spiro atoms. The van der Waals surface area contributed by atoms with Crippen LogP contribution in [0.4, 0.5) is 5.69 Å². The van der Waals surface area contributed by atoms with Crippen molar-refractivity contribution in [2.24, 2.45) is 11.8 Å². The topological polar surface area (TPSA) is 93.6 Å². The summed E-state index contributed by atoms with van der Waals surface area (Å²) in [7, 11) is 0. The Bertz CT molecular complexity index is 1740. The van der Waals surface area contributed by atoms with Crippen LogP contribution in [0.15, 0.2) is 66.7 Å². The van der Waals surface area contributed by atoms with Crippen LogP contribution >= 0.6 is 23.2 Å². The largest absolute Gasteiger partial charge is 0.454 e. The van der Waals surface area contributed by atoms with E-state index in [0.717, 1.165) is 31.2 Å². The molecule has 212 valence electrons. The fourth-order valence-corrected chi connectivity index (χ4v) is 6.37. The number of esters is 1. The first-order chi connectivity index (χ1) is 20.2. The Morgan fingerprint density at radius 1 is 0.881 bits per heavy atom. The van der Waals surface area contributed by atoms with Crippen molar-refractivity contribution >= 4 is 63.4 Å². The molecule has 1 aromatic heterocycles. The van der Waals surface area contributed by atoms with Crippen LogP contribution in [-0.4, -0.2) is 35.2 Å². The number of anilines is 1. The van der Waals surface area contributed by atoms with Crippen molar-refractivity contribution in [1.29, 1.82) is 0 Å². The van der Waals surface area contributed by atoms with Gasteiger partial charge in [-0.15, -0.1) is 0 Å². The van der Waals surface area contributed by atoms with Crippen molar-refractivity contribution in [1.82, 2.24) is 4.98 Å². The Kier molecular flexibility index (Phi) is 7.56. The molecule has 2 atom stereocenters. The van der Waals surface area contributed by atoms with Crippen LogP contribution in [0, 0.1) is 18.8 Å². The average molecular weight is 601 g/mol. The summed E-state index contributed by atoms with van der Waals surface area (Å²) in [5.41, 5.74) is 3.69. The van der Waals surface area contributed by atoms with Gasteiger partial charge >= 0.3 is 5.97 Å². The van der Waals surface area contributed by atoms with E-state index in [1.165, 1.54) is 17.0 Å². The number of hydrogen-bond acceptors (Lipinski definition) is 6. The lowest BCUT2D eigenvalue weighted by molar-refractivity contribution is -0.122. The number of rotatable bonds is 6. The number of amides is 2. The number of aromatic nitrogens is 1. The number of benzene rings is 3. The van der Waals surface area contributed by atoms with Gasteiger partial charge in [-0.1, -0.05) is 59.8 Å². The molecule has 1 saturated heterocycles. The summed E-state index contributed by atoms with van der Waals surface area (Å²) in [5.74, 6) is -1.85. The van der Waals surface area contributed by atoms with Gasteiger partial charge in [-0.25, -0.2) is 9.78 Å². The third-order valence-corrected chi connectivity index (χ3v) is 8.56. The number of Topliss-reactive ketones (excluding diaryl/α,β-unsaturated/α-hetero) is 1. The third kappa shape index (κ3) is 5.19. The van der Waals surface area contributed by atoms with Crippen molar-refractivity contribution in [2.75, 3.05) is 11.5 Å². The van der Waals surface area contributed by atoms with Crippen LogP contribution in [0.2, 0.25) is 10.0 Å². The van der Waals surface area contributed by atoms with E-state index in [4.69, 9.17) is 32.9 Å². The molecule has 7 nitrogen and oxygen atoms in total. The molecule has 0 bridgehead atoms. The standard InChI is InChI=1S/C33H26Cl2N2O5/c1-18-6-13-28-25(14-18)26(33(41)42-17-30(38)24-12-9-20(34)15-27(24)35)16-29(36-28)19-7-10-21(11-8-19)37-31(39)22-4-2-3-5-23(22)32(37)40/h6-16,22-23H,2-5,17H2,1H3/t22-,23-/m0/s1. The van der Waals surface area contributed by atoms with Gasteiger partial charge in [0.1, 0.15) is 0 Å². The summed E-state index contributed by atoms with van der Waals surface area (Å²) < 4.78 is 5.44. The van der Waals surface area contributed by atoms with E-state index in [1.54, 1.807) is 36.4 Å². The Hall–Kier alpha value is -4.07. The highest BCUT2D eigenvalue weighted by molar-refractivity contribution is 6.37.